The highest BCUT2D eigenvalue weighted by Gasteiger charge is 2.39. The Morgan fingerprint density at radius 3 is 2.10 bits per heavy atom. The highest BCUT2D eigenvalue weighted by molar-refractivity contribution is 5.85. The maximum Gasteiger partial charge on any atom is 0.450 e. The molecule has 2 aromatic rings. The summed E-state index contributed by atoms with van der Waals surface area (Å²) in [6.45, 7) is 1.89. The number of ketones is 1. The van der Waals surface area contributed by atoms with Crippen molar-refractivity contribution >= 4 is 5.78 Å². The molecule has 1 aromatic carbocycles. The molecule has 21 heavy (non-hydrogen) atoms. The Labute approximate surface area is 120 Å². The molecule has 1 aromatic heterocycles. The number of pyridine rings is 1. The molecule has 0 bridgehead atoms. The van der Waals surface area contributed by atoms with E-state index in [0.29, 0.717) is 11.1 Å². The van der Waals surface area contributed by atoms with Gasteiger partial charge in [-0.15, -0.1) is 0 Å². The molecule has 1 atom stereocenters. The van der Waals surface area contributed by atoms with Gasteiger partial charge in [-0.3, -0.25) is 9.78 Å². The molecule has 1 heterocycles. The molecule has 0 fully saturated rings. The summed E-state index contributed by atoms with van der Waals surface area (Å²) in [6, 6.07) is 10.4. The Balaban J connectivity index is 2.36. The molecular weight excluding hydrogens is 279 g/mol. The van der Waals surface area contributed by atoms with Gasteiger partial charge >= 0.3 is 6.18 Å². The summed E-state index contributed by atoms with van der Waals surface area (Å²) in [5.41, 5.74) is 2.34. The lowest BCUT2D eigenvalue weighted by atomic mass is 9.87. The Hall–Kier alpha value is -2.17. The van der Waals surface area contributed by atoms with Crippen LogP contribution < -0.4 is 0 Å². The van der Waals surface area contributed by atoms with Gasteiger partial charge in [0.1, 0.15) is 0 Å². The molecule has 0 spiro atoms. The van der Waals surface area contributed by atoms with Crippen LogP contribution in [0.25, 0.3) is 0 Å². The smallest absolute Gasteiger partial charge is 0.290 e. The molecule has 0 aliphatic carbocycles. The Morgan fingerprint density at radius 1 is 1.05 bits per heavy atom. The first kappa shape index (κ1) is 15.2. The standard InChI is InChI=1S/C16H14F3NO/c1-11-2-4-12(5-3-11)14(10-15(21)16(17,18)19)13-6-8-20-9-7-13/h2-9,14H,10H2,1H3. The summed E-state index contributed by atoms with van der Waals surface area (Å²) in [4.78, 5) is 15.2. The number of aryl methyl sites for hydroxylation is 1. The first-order chi connectivity index (χ1) is 9.88. The zero-order valence-electron chi connectivity index (χ0n) is 11.4. The fourth-order valence-electron chi connectivity index (χ4n) is 2.12. The van der Waals surface area contributed by atoms with Gasteiger partial charge in [0.05, 0.1) is 0 Å². The minimum atomic E-state index is -4.81. The van der Waals surface area contributed by atoms with E-state index in [1.807, 2.05) is 19.1 Å². The summed E-state index contributed by atoms with van der Waals surface area (Å²) < 4.78 is 37.6. The van der Waals surface area contributed by atoms with E-state index in [-0.39, 0.29) is 0 Å². The maximum absolute atomic E-state index is 12.5. The average molecular weight is 293 g/mol. The number of hydrogen-bond acceptors (Lipinski definition) is 2. The molecule has 0 saturated carbocycles. The van der Waals surface area contributed by atoms with Crippen molar-refractivity contribution in [1.29, 1.82) is 0 Å². The number of halogens is 3. The van der Waals surface area contributed by atoms with Crippen molar-refractivity contribution in [2.75, 3.05) is 0 Å². The third-order valence-electron chi connectivity index (χ3n) is 3.29. The third-order valence-corrected chi connectivity index (χ3v) is 3.29. The second-order valence-corrected chi connectivity index (χ2v) is 4.87. The molecular formula is C16H14F3NO. The van der Waals surface area contributed by atoms with Gasteiger partial charge in [-0.05, 0) is 30.2 Å². The minimum absolute atomic E-state index is 0.601. The molecule has 0 aliphatic rings. The normalized spacial score (nSPS) is 13.0. The van der Waals surface area contributed by atoms with Crippen molar-refractivity contribution in [3.05, 3.63) is 65.5 Å². The molecule has 5 heteroatoms. The van der Waals surface area contributed by atoms with Crippen molar-refractivity contribution in [2.45, 2.75) is 25.4 Å². The molecule has 0 radical (unpaired) electrons. The summed E-state index contributed by atoms with van der Waals surface area (Å²) >= 11 is 0. The van der Waals surface area contributed by atoms with Gasteiger partial charge in [-0.2, -0.15) is 13.2 Å². The minimum Gasteiger partial charge on any atom is -0.290 e. The second-order valence-electron chi connectivity index (χ2n) is 4.87. The second kappa shape index (κ2) is 6.08. The van der Waals surface area contributed by atoms with Crippen molar-refractivity contribution in [3.8, 4) is 0 Å². The van der Waals surface area contributed by atoms with Crippen LogP contribution in [0.4, 0.5) is 13.2 Å². The van der Waals surface area contributed by atoms with Crippen molar-refractivity contribution in [2.24, 2.45) is 0 Å². The van der Waals surface area contributed by atoms with Crippen LogP contribution >= 0.6 is 0 Å². The average Bonchev–Trinajstić information content (AvgIpc) is 2.45. The van der Waals surface area contributed by atoms with Gasteiger partial charge in [0, 0.05) is 24.7 Å². The SMILES string of the molecule is Cc1ccc(C(CC(=O)C(F)(F)F)c2ccncc2)cc1. The topological polar surface area (TPSA) is 30.0 Å². The quantitative estimate of drug-likeness (QED) is 0.851. The number of carbonyl (C=O) groups is 1. The molecule has 0 saturated heterocycles. The van der Waals surface area contributed by atoms with E-state index in [1.54, 1.807) is 24.3 Å². The van der Waals surface area contributed by atoms with E-state index in [1.165, 1.54) is 12.4 Å². The van der Waals surface area contributed by atoms with E-state index in [4.69, 9.17) is 0 Å². The Morgan fingerprint density at radius 2 is 1.57 bits per heavy atom. The predicted molar refractivity (Wildman–Crippen MR) is 72.9 cm³/mol. The van der Waals surface area contributed by atoms with Crippen LogP contribution in [-0.2, 0) is 4.79 Å². The Kier molecular flexibility index (Phi) is 4.40. The van der Waals surface area contributed by atoms with Crippen LogP contribution in [0.2, 0.25) is 0 Å². The number of nitrogens with zero attached hydrogens (tertiary/aromatic N) is 1. The molecule has 2 nitrogen and oxygen atoms in total. The third kappa shape index (κ3) is 3.90. The lowest BCUT2D eigenvalue weighted by molar-refractivity contribution is -0.171. The maximum atomic E-state index is 12.5. The molecule has 2 rings (SSSR count). The Bertz CT molecular complexity index is 606. The highest BCUT2D eigenvalue weighted by atomic mass is 19.4. The first-order valence-corrected chi connectivity index (χ1v) is 6.44. The molecule has 0 amide bonds. The van der Waals surface area contributed by atoms with Gasteiger partial charge in [0.2, 0.25) is 5.78 Å². The number of hydrogen-bond donors (Lipinski definition) is 0. The summed E-state index contributed by atoms with van der Waals surface area (Å²) in [7, 11) is 0. The van der Waals surface area contributed by atoms with Crippen LogP contribution in [0.5, 0.6) is 0 Å². The van der Waals surface area contributed by atoms with Crippen molar-refractivity contribution < 1.29 is 18.0 Å². The van der Waals surface area contributed by atoms with Crippen LogP contribution in [0, 0.1) is 6.92 Å². The number of rotatable bonds is 4. The van der Waals surface area contributed by atoms with E-state index in [2.05, 4.69) is 4.98 Å². The zero-order chi connectivity index (χ0) is 15.5. The van der Waals surface area contributed by atoms with Crippen molar-refractivity contribution in [1.82, 2.24) is 4.98 Å². The lowest BCUT2D eigenvalue weighted by Crippen LogP contribution is -2.25. The molecule has 110 valence electrons. The number of aromatic nitrogens is 1. The summed E-state index contributed by atoms with van der Waals surface area (Å²) in [5.74, 6) is -2.34. The molecule has 1 unspecified atom stereocenters. The van der Waals surface area contributed by atoms with E-state index < -0.39 is 24.3 Å². The van der Waals surface area contributed by atoms with Gasteiger partial charge in [0.25, 0.3) is 0 Å². The number of alkyl halides is 3. The lowest BCUT2D eigenvalue weighted by Gasteiger charge is -2.18. The van der Waals surface area contributed by atoms with Crippen LogP contribution in [0.1, 0.15) is 29.0 Å². The largest absolute Gasteiger partial charge is 0.450 e. The van der Waals surface area contributed by atoms with Crippen molar-refractivity contribution in [3.63, 3.8) is 0 Å². The molecule has 0 N–H and O–H groups in total. The van der Waals surface area contributed by atoms with E-state index in [9.17, 15) is 18.0 Å². The first-order valence-electron chi connectivity index (χ1n) is 6.44. The fraction of sp³-hybridized carbons (Fsp3) is 0.250. The summed E-state index contributed by atoms with van der Waals surface area (Å²) in [6.07, 6.45) is -2.39. The van der Waals surface area contributed by atoms with E-state index >= 15 is 0 Å². The highest BCUT2D eigenvalue weighted by Crippen LogP contribution is 2.31. The summed E-state index contributed by atoms with van der Waals surface area (Å²) in [5, 5.41) is 0. The van der Waals surface area contributed by atoms with Gasteiger partial charge in [-0.1, -0.05) is 29.8 Å². The van der Waals surface area contributed by atoms with E-state index in [0.717, 1.165) is 5.56 Å². The van der Waals surface area contributed by atoms with Crippen LogP contribution in [0.15, 0.2) is 48.8 Å². The predicted octanol–water partition coefficient (Wildman–Crippen LogP) is 4.04. The zero-order valence-corrected chi connectivity index (χ0v) is 11.4. The van der Waals surface area contributed by atoms with Crippen LogP contribution in [0.3, 0.4) is 0 Å². The van der Waals surface area contributed by atoms with Gasteiger partial charge in [-0.25, -0.2) is 0 Å². The monoisotopic (exact) mass is 293 g/mol. The van der Waals surface area contributed by atoms with Gasteiger partial charge < -0.3 is 0 Å². The fourth-order valence-corrected chi connectivity index (χ4v) is 2.12. The molecule has 0 aliphatic heterocycles. The number of Topliss-reactive ketones (excluding diaryl/α,β-unsaturated/α-hetero) is 1. The van der Waals surface area contributed by atoms with Crippen LogP contribution in [-0.4, -0.2) is 16.9 Å². The number of benzene rings is 1. The van der Waals surface area contributed by atoms with Gasteiger partial charge in [0.15, 0.2) is 0 Å². The number of carbonyl (C=O) groups excluding carboxylic acids is 1.